The lowest BCUT2D eigenvalue weighted by atomic mass is 10.1. The standard InChI is InChI=1S/C17H18Cl2N2O3S/c18-14-5-3-13(16(19)11-14)4-8-17(22)21-10-9-12-1-6-15(7-2-12)25(20,23)24/h1-3,5-7,11H,4,8-10H2,(H,21,22)(H2,20,23,24). The second-order valence-corrected chi connectivity index (χ2v) is 7.93. The highest BCUT2D eigenvalue weighted by molar-refractivity contribution is 7.89. The molecule has 1 amide bonds. The minimum absolute atomic E-state index is 0.0696. The van der Waals surface area contributed by atoms with E-state index in [-0.39, 0.29) is 10.8 Å². The molecule has 3 N–H and O–H groups in total. The lowest BCUT2D eigenvalue weighted by Crippen LogP contribution is -2.25. The molecule has 0 radical (unpaired) electrons. The molecule has 0 aliphatic heterocycles. The Morgan fingerprint density at radius 2 is 1.72 bits per heavy atom. The third kappa shape index (κ3) is 6.32. The summed E-state index contributed by atoms with van der Waals surface area (Å²) in [6.45, 7) is 0.460. The first-order valence-corrected chi connectivity index (χ1v) is 9.88. The number of rotatable bonds is 7. The van der Waals surface area contributed by atoms with Crippen molar-refractivity contribution in [3.05, 3.63) is 63.6 Å². The summed E-state index contributed by atoms with van der Waals surface area (Å²) in [6.07, 6.45) is 1.45. The van der Waals surface area contributed by atoms with E-state index >= 15 is 0 Å². The van der Waals surface area contributed by atoms with E-state index in [1.54, 1.807) is 24.3 Å². The summed E-state index contributed by atoms with van der Waals surface area (Å²) < 4.78 is 22.4. The van der Waals surface area contributed by atoms with Gasteiger partial charge in [0.1, 0.15) is 0 Å². The zero-order valence-electron chi connectivity index (χ0n) is 13.3. The molecule has 0 aliphatic rings. The zero-order valence-corrected chi connectivity index (χ0v) is 15.7. The molecular weight excluding hydrogens is 383 g/mol. The van der Waals surface area contributed by atoms with Gasteiger partial charge in [0.05, 0.1) is 4.90 Å². The Hall–Kier alpha value is -1.60. The summed E-state index contributed by atoms with van der Waals surface area (Å²) in [4.78, 5) is 12.0. The molecule has 2 aromatic rings. The quantitative estimate of drug-likeness (QED) is 0.748. The summed E-state index contributed by atoms with van der Waals surface area (Å²) in [5.41, 5.74) is 1.79. The first-order chi connectivity index (χ1) is 11.8. The SMILES string of the molecule is NS(=O)(=O)c1ccc(CCNC(=O)CCc2ccc(Cl)cc2Cl)cc1. The van der Waals surface area contributed by atoms with E-state index in [0.29, 0.717) is 35.9 Å². The normalized spacial score (nSPS) is 11.3. The highest BCUT2D eigenvalue weighted by Crippen LogP contribution is 2.22. The monoisotopic (exact) mass is 400 g/mol. The summed E-state index contributed by atoms with van der Waals surface area (Å²) in [6, 6.07) is 11.5. The van der Waals surface area contributed by atoms with Crippen LogP contribution in [0.5, 0.6) is 0 Å². The van der Waals surface area contributed by atoms with Crippen molar-refractivity contribution in [2.24, 2.45) is 5.14 Å². The van der Waals surface area contributed by atoms with Crippen molar-refractivity contribution in [2.75, 3.05) is 6.54 Å². The summed E-state index contributed by atoms with van der Waals surface area (Å²) in [7, 11) is -3.68. The number of primary sulfonamides is 1. The molecule has 0 atom stereocenters. The van der Waals surface area contributed by atoms with Gasteiger partial charge in [0.2, 0.25) is 15.9 Å². The molecule has 0 heterocycles. The van der Waals surface area contributed by atoms with Crippen LogP contribution in [0.2, 0.25) is 10.0 Å². The maximum atomic E-state index is 11.9. The summed E-state index contributed by atoms with van der Waals surface area (Å²) in [5, 5.41) is 8.98. The van der Waals surface area contributed by atoms with Crippen molar-refractivity contribution >= 4 is 39.1 Å². The van der Waals surface area contributed by atoms with Gasteiger partial charge in [0, 0.05) is 23.0 Å². The number of carbonyl (C=O) groups excluding carboxylic acids is 1. The average Bonchev–Trinajstić information content (AvgIpc) is 2.53. The van der Waals surface area contributed by atoms with Gasteiger partial charge in [-0.15, -0.1) is 0 Å². The van der Waals surface area contributed by atoms with Crippen molar-refractivity contribution in [3.63, 3.8) is 0 Å². The highest BCUT2D eigenvalue weighted by Gasteiger charge is 2.08. The molecule has 134 valence electrons. The summed E-state index contributed by atoms with van der Waals surface area (Å²) >= 11 is 11.9. The Balaban J connectivity index is 1.77. The number of halogens is 2. The van der Waals surface area contributed by atoms with Crippen LogP contribution in [0, 0.1) is 0 Å². The Labute approximate surface area is 157 Å². The number of sulfonamides is 1. The van der Waals surface area contributed by atoms with E-state index in [2.05, 4.69) is 5.32 Å². The molecule has 25 heavy (non-hydrogen) atoms. The number of hydrogen-bond acceptors (Lipinski definition) is 3. The highest BCUT2D eigenvalue weighted by atomic mass is 35.5. The molecule has 0 bridgehead atoms. The fourth-order valence-electron chi connectivity index (χ4n) is 2.25. The zero-order chi connectivity index (χ0) is 18.4. The number of benzene rings is 2. The van der Waals surface area contributed by atoms with E-state index < -0.39 is 10.0 Å². The van der Waals surface area contributed by atoms with Gasteiger partial charge in [0.15, 0.2) is 0 Å². The van der Waals surface area contributed by atoms with Crippen molar-refractivity contribution in [2.45, 2.75) is 24.2 Å². The van der Waals surface area contributed by atoms with Crippen molar-refractivity contribution in [3.8, 4) is 0 Å². The Morgan fingerprint density at radius 1 is 1.04 bits per heavy atom. The topological polar surface area (TPSA) is 89.3 Å². The third-order valence-corrected chi connectivity index (χ3v) is 5.14. The number of hydrogen-bond donors (Lipinski definition) is 2. The van der Waals surface area contributed by atoms with E-state index in [0.717, 1.165) is 11.1 Å². The van der Waals surface area contributed by atoms with Crippen LogP contribution in [0.25, 0.3) is 0 Å². The van der Waals surface area contributed by atoms with Crippen molar-refractivity contribution in [1.29, 1.82) is 0 Å². The third-order valence-electron chi connectivity index (χ3n) is 3.62. The van der Waals surface area contributed by atoms with Gasteiger partial charge in [-0.2, -0.15) is 0 Å². The maximum absolute atomic E-state index is 11.9. The Bertz CT molecular complexity index is 853. The van der Waals surface area contributed by atoms with Gasteiger partial charge in [-0.25, -0.2) is 13.6 Å². The van der Waals surface area contributed by atoms with E-state index in [4.69, 9.17) is 28.3 Å². The summed E-state index contributed by atoms with van der Waals surface area (Å²) in [5.74, 6) is -0.0767. The van der Waals surface area contributed by atoms with E-state index in [9.17, 15) is 13.2 Å². The van der Waals surface area contributed by atoms with Gasteiger partial charge in [-0.05, 0) is 48.2 Å². The van der Waals surface area contributed by atoms with Gasteiger partial charge < -0.3 is 5.32 Å². The molecule has 8 heteroatoms. The lowest BCUT2D eigenvalue weighted by Gasteiger charge is -2.07. The molecule has 5 nitrogen and oxygen atoms in total. The minimum Gasteiger partial charge on any atom is -0.356 e. The maximum Gasteiger partial charge on any atom is 0.238 e. The number of aryl methyl sites for hydroxylation is 1. The number of amides is 1. The second kappa shape index (κ2) is 8.67. The molecule has 0 fully saturated rings. The lowest BCUT2D eigenvalue weighted by molar-refractivity contribution is -0.121. The van der Waals surface area contributed by atoms with Crippen LogP contribution in [-0.4, -0.2) is 20.9 Å². The second-order valence-electron chi connectivity index (χ2n) is 5.52. The largest absolute Gasteiger partial charge is 0.356 e. The fourth-order valence-corrected chi connectivity index (χ4v) is 3.27. The van der Waals surface area contributed by atoms with Crippen LogP contribution in [0.15, 0.2) is 47.4 Å². The van der Waals surface area contributed by atoms with Crippen LogP contribution >= 0.6 is 23.2 Å². The molecule has 0 aromatic heterocycles. The van der Waals surface area contributed by atoms with Gasteiger partial charge in [-0.1, -0.05) is 41.4 Å². The van der Waals surface area contributed by atoms with E-state index in [1.165, 1.54) is 12.1 Å². The van der Waals surface area contributed by atoms with E-state index in [1.807, 2.05) is 6.07 Å². The Morgan fingerprint density at radius 3 is 2.32 bits per heavy atom. The molecule has 0 aliphatic carbocycles. The van der Waals surface area contributed by atoms with Crippen molar-refractivity contribution < 1.29 is 13.2 Å². The average molecular weight is 401 g/mol. The molecule has 0 unspecified atom stereocenters. The number of nitrogens with two attached hydrogens (primary N) is 1. The Kier molecular flexibility index (Phi) is 6.84. The number of nitrogens with one attached hydrogen (secondary N) is 1. The van der Waals surface area contributed by atoms with Crippen LogP contribution < -0.4 is 10.5 Å². The van der Waals surface area contributed by atoms with Gasteiger partial charge >= 0.3 is 0 Å². The molecule has 0 saturated heterocycles. The molecule has 0 saturated carbocycles. The first kappa shape index (κ1) is 19.7. The minimum atomic E-state index is -3.68. The first-order valence-electron chi connectivity index (χ1n) is 7.58. The van der Waals surface area contributed by atoms with Gasteiger partial charge in [-0.3, -0.25) is 4.79 Å². The van der Waals surface area contributed by atoms with Crippen LogP contribution in [0.1, 0.15) is 17.5 Å². The number of carbonyl (C=O) groups is 1. The smallest absolute Gasteiger partial charge is 0.238 e. The fraction of sp³-hybridized carbons (Fsp3) is 0.235. The predicted molar refractivity (Wildman–Crippen MR) is 99.3 cm³/mol. The van der Waals surface area contributed by atoms with Crippen LogP contribution in [-0.2, 0) is 27.7 Å². The van der Waals surface area contributed by atoms with Crippen LogP contribution in [0.4, 0.5) is 0 Å². The molecular formula is C17H18Cl2N2O3S. The van der Waals surface area contributed by atoms with Gasteiger partial charge in [0.25, 0.3) is 0 Å². The van der Waals surface area contributed by atoms with Crippen LogP contribution in [0.3, 0.4) is 0 Å². The predicted octanol–water partition coefficient (Wildman–Crippen LogP) is 2.93. The molecule has 2 rings (SSSR count). The molecule has 2 aromatic carbocycles. The molecule has 0 spiro atoms. The van der Waals surface area contributed by atoms with Crippen molar-refractivity contribution in [1.82, 2.24) is 5.32 Å².